The SMILES string of the molecule is CCc1nn(C)c(CC(=O)c2sccc2OC)c1Cl. The van der Waals surface area contributed by atoms with Crippen LogP contribution in [0, 0.1) is 0 Å². The van der Waals surface area contributed by atoms with Gasteiger partial charge in [-0.3, -0.25) is 9.48 Å². The Balaban J connectivity index is 2.27. The third kappa shape index (κ3) is 2.67. The maximum absolute atomic E-state index is 12.3. The summed E-state index contributed by atoms with van der Waals surface area (Å²) in [5.74, 6) is 0.614. The van der Waals surface area contributed by atoms with Gasteiger partial charge in [-0.05, 0) is 17.9 Å². The van der Waals surface area contributed by atoms with Crippen LogP contribution in [-0.4, -0.2) is 22.7 Å². The van der Waals surface area contributed by atoms with Gasteiger partial charge in [-0.1, -0.05) is 18.5 Å². The molecule has 2 heterocycles. The highest BCUT2D eigenvalue weighted by molar-refractivity contribution is 7.12. The molecule has 0 aliphatic heterocycles. The smallest absolute Gasteiger partial charge is 0.182 e. The molecule has 19 heavy (non-hydrogen) atoms. The van der Waals surface area contributed by atoms with Crippen molar-refractivity contribution < 1.29 is 9.53 Å². The third-order valence-electron chi connectivity index (χ3n) is 2.93. The second kappa shape index (κ2) is 5.75. The Morgan fingerprint density at radius 1 is 1.58 bits per heavy atom. The van der Waals surface area contributed by atoms with E-state index in [4.69, 9.17) is 16.3 Å². The number of ketones is 1. The molecule has 0 atom stereocenters. The van der Waals surface area contributed by atoms with Crippen LogP contribution in [-0.2, 0) is 19.9 Å². The molecule has 0 saturated heterocycles. The molecule has 0 aliphatic carbocycles. The van der Waals surface area contributed by atoms with Gasteiger partial charge in [-0.2, -0.15) is 5.10 Å². The second-order valence-corrected chi connectivity index (χ2v) is 5.40. The summed E-state index contributed by atoms with van der Waals surface area (Å²) in [6.07, 6.45) is 0.988. The summed E-state index contributed by atoms with van der Waals surface area (Å²) in [4.78, 5) is 12.9. The first kappa shape index (κ1) is 14.1. The average Bonchev–Trinajstić information content (AvgIpc) is 2.97. The zero-order valence-electron chi connectivity index (χ0n) is 11.1. The lowest BCUT2D eigenvalue weighted by Crippen LogP contribution is -2.08. The average molecular weight is 299 g/mol. The van der Waals surface area contributed by atoms with Gasteiger partial charge in [0.15, 0.2) is 5.78 Å². The number of nitrogens with zero attached hydrogens (tertiary/aromatic N) is 2. The van der Waals surface area contributed by atoms with Crippen molar-refractivity contribution in [3.8, 4) is 5.75 Å². The van der Waals surface area contributed by atoms with Crippen LogP contribution in [0.15, 0.2) is 11.4 Å². The van der Waals surface area contributed by atoms with Gasteiger partial charge < -0.3 is 4.74 Å². The molecule has 0 unspecified atom stereocenters. The van der Waals surface area contributed by atoms with E-state index in [1.165, 1.54) is 11.3 Å². The number of methoxy groups -OCH3 is 1. The first-order chi connectivity index (χ1) is 9.08. The number of halogens is 1. The van der Waals surface area contributed by atoms with E-state index in [0.29, 0.717) is 15.6 Å². The number of rotatable bonds is 5. The Morgan fingerprint density at radius 2 is 2.32 bits per heavy atom. The van der Waals surface area contributed by atoms with Crippen LogP contribution in [0.3, 0.4) is 0 Å². The van der Waals surface area contributed by atoms with Crippen LogP contribution in [0.4, 0.5) is 0 Å². The number of ether oxygens (including phenoxy) is 1. The molecule has 102 valence electrons. The number of carbonyl (C=O) groups is 1. The standard InChI is InChI=1S/C13H15ClN2O2S/c1-4-8-12(14)9(16(2)15-8)7-10(17)13-11(18-3)5-6-19-13/h5-6H,4,7H2,1-3H3. The van der Waals surface area contributed by atoms with Crippen LogP contribution in [0.1, 0.15) is 28.0 Å². The van der Waals surface area contributed by atoms with E-state index in [0.717, 1.165) is 17.8 Å². The van der Waals surface area contributed by atoms with E-state index in [-0.39, 0.29) is 12.2 Å². The molecule has 0 saturated carbocycles. The van der Waals surface area contributed by atoms with Crippen molar-refractivity contribution in [3.05, 3.63) is 32.7 Å². The maximum Gasteiger partial charge on any atom is 0.182 e. The lowest BCUT2D eigenvalue weighted by atomic mass is 10.1. The molecule has 2 aromatic rings. The van der Waals surface area contributed by atoms with E-state index in [9.17, 15) is 4.79 Å². The van der Waals surface area contributed by atoms with E-state index >= 15 is 0 Å². The van der Waals surface area contributed by atoms with E-state index < -0.39 is 0 Å². The predicted octanol–water partition coefficient (Wildman–Crippen LogP) is 3.13. The van der Waals surface area contributed by atoms with Gasteiger partial charge in [0.05, 0.1) is 29.9 Å². The Labute approximate surface area is 121 Å². The molecule has 0 radical (unpaired) electrons. The highest BCUT2D eigenvalue weighted by Crippen LogP contribution is 2.28. The molecular formula is C13H15ClN2O2S. The molecule has 0 spiro atoms. The van der Waals surface area contributed by atoms with Crippen LogP contribution >= 0.6 is 22.9 Å². The summed E-state index contributed by atoms with van der Waals surface area (Å²) >= 11 is 7.62. The molecule has 0 amide bonds. The quantitative estimate of drug-likeness (QED) is 0.797. The second-order valence-electron chi connectivity index (χ2n) is 4.10. The minimum absolute atomic E-state index is 0.000553. The van der Waals surface area contributed by atoms with E-state index in [1.54, 1.807) is 24.9 Å². The molecule has 2 rings (SSSR count). The van der Waals surface area contributed by atoms with Crippen LogP contribution in [0.2, 0.25) is 5.02 Å². The van der Waals surface area contributed by atoms with Crippen molar-refractivity contribution in [2.45, 2.75) is 19.8 Å². The highest BCUT2D eigenvalue weighted by atomic mass is 35.5. The van der Waals surface area contributed by atoms with Gasteiger partial charge in [0.1, 0.15) is 10.6 Å². The molecular weight excluding hydrogens is 284 g/mol. The maximum atomic E-state index is 12.3. The highest BCUT2D eigenvalue weighted by Gasteiger charge is 2.20. The Kier molecular flexibility index (Phi) is 4.27. The molecule has 0 N–H and O–H groups in total. The van der Waals surface area contributed by atoms with E-state index in [2.05, 4.69) is 5.10 Å². The van der Waals surface area contributed by atoms with Gasteiger partial charge in [-0.15, -0.1) is 11.3 Å². The summed E-state index contributed by atoms with van der Waals surface area (Å²) in [7, 11) is 3.37. The predicted molar refractivity (Wildman–Crippen MR) is 76.5 cm³/mol. The summed E-state index contributed by atoms with van der Waals surface area (Å²) < 4.78 is 6.84. The Hall–Kier alpha value is -1.33. The number of Topliss-reactive ketones (excluding diaryl/α,β-unsaturated/α-hetero) is 1. The minimum atomic E-state index is -0.000553. The van der Waals surface area contributed by atoms with Gasteiger partial charge in [-0.25, -0.2) is 0 Å². The molecule has 0 aliphatic rings. The van der Waals surface area contributed by atoms with Crippen molar-refractivity contribution >= 4 is 28.7 Å². The normalized spacial score (nSPS) is 10.7. The molecule has 0 fully saturated rings. The van der Waals surface area contributed by atoms with Crippen LogP contribution in [0.25, 0.3) is 0 Å². The van der Waals surface area contributed by atoms with Gasteiger partial charge in [0, 0.05) is 7.05 Å². The fraction of sp³-hybridized carbons (Fsp3) is 0.385. The summed E-state index contributed by atoms with van der Waals surface area (Å²) in [6, 6.07) is 1.79. The monoisotopic (exact) mass is 298 g/mol. The van der Waals surface area contributed by atoms with Crippen molar-refractivity contribution in [1.29, 1.82) is 0 Å². The van der Waals surface area contributed by atoms with Gasteiger partial charge in [0.2, 0.25) is 0 Å². The third-order valence-corrected chi connectivity index (χ3v) is 4.31. The fourth-order valence-electron chi connectivity index (χ4n) is 1.91. The lowest BCUT2D eigenvalue weighted by Gasteiger charge is -2.03. The van der Waals surface area contributed by atoms with Crippen LogP contribution in [0.5, 0.6) is 5.75 Å². The number of aromatic nitrogens is 2. The number of hydrogen-bond donors (Lipinski definition) is 0. The molecule has 4 nitrogen and oxygen atoms in total. The Bertz CT molecular complexity index is 604. The number of aryl methyl sites for hydroxylation is 2. The molecule has 0 aromatic carbocycles. The van der Waals surface area contributed by atoms with Crippen LogP contribution < -0.4 is 4.74 Å². The summed E-state index contributed by atoms with van der Waals surface area (Å²) in [5.41, 5.74) is 1.57. The number of hydrogen-bond acceptors (Lipinski definition) is 4. The molecule has 0 bridgehead atoms. The number of thiophene rings is 1. The van der Waals surface area contributed by atoms with Crippen molar-refractivity contribution in [2.75, 3.05) is 7.11 Å². The van der Waals surface area contributed by atoms with Crippen molar-refractivity contribution in [2.24, 2.45) is 7.05 Å². The molecule has 6 heteroatoms. The largest absolute Gasteiger partial charge is 0.495 e. The zero-order chi connectivity index (χ0) is 14.0. The zero-order valence-corrected chi connectivity index (χ0v) is 12.6. The summed E-state index contributed by atoms with van der Waals surface area (Å²) in [5, 5.41) is 6.74. The topological polar surface area (TPSA) is 44.1 Å². The minimum Gasteiger partial charge on any atom is -0.495 e. The first-order valence-corrected chi connectivity index (χ1v) is 7.19. The van der Waals surface area contributed by atoms with Crippen molar-refractivity contribution in [1.82, 2.24) is 9.78 Å². The Morgan fingerprint density at radius 3 is 2.89 bits per heavy atom. The molecule has 2 aromatic heterocycles. The lowest BCUT2D eigenvalue weighted by molar-refractivity contribution is 0.0992. The van der Waals surface area contributed by atoms with Crippen molar-refractivity contribution in [3.63, 3.8) is 0 Å². The summed E-state index contributed by atoms with van der Waals surface area (Å²) in [6.45, 7) is 1.99. The van der Waals surface area contributed by atoms with Gasteiger partial charge >= 0.3 is 0 Å². The van der Waals surface area contributed by atoms with Gasteiger partial charge in [0.25, 0.3) is 0 Å². The fourth-order valence-corrected chi connectivity index (χ4v) is 3.07. The first-order valence-electron chi connectivity index (χ1n) is 5.93. The number of carbonyl (C=O) groups excluding carboxylic acids is 1. The van der Waals surface area contributed by atoms with E-state index in [1.807, 2.05) is 12.3 Å².